The Morgan fingerprint density at radius 2 is 1.67 bits per heavy atom. The minimum atomic E-state index is 0.238. The SMILES string of the molecule is C[C@H](Sc1nnc(SCc2cccc3ccccc23)s1)c1ccccc1Cl. The van der Waals surface area contributed by atoms with Gasteiger partial charge in [0.25, 0.3) is 0 Å². The molecule has 0 unspecified atom stereocenters. The van der Waals surface area contributed by atoms with Crippen LogP contribution in [-0.4, -0.2) is 10.2 Å². The highest BCUT2D eigenvalue weighted by Gasteiger charge is 2.14. The Labute approximate surface area is 176 Å². The normalized spacial score (nSPS) is 12.4. The molecule has 0 spiro atoms. The first-order valence-electron chi connectivity index (χ1n) is 8.55. The van der Waals surface area contributed by atoms with E-state index in [-0.39, 0.29) is 5.25 Å². The molecule has 27 heavy (non-hydrogen) atoms. The molecular weight excluding hydrogens is 412 g/mol. The van der Waals surface area contributed by atoms with Crippen molar-refractivity contribution in [2.24, 2.45) is 0 Å². The van der Waals surface area contributed by atoms with E-state index in [9.17, 15) is 0 Å². The van der Waals surface area contributed by atoms with Crippen LogP contribution in [0.15, 0.2) is 75.4 Å². The molecule has 0 saturated heterocycles. The maximum absolute atomic E-state index is 6.31. The standard InChI is InChI=1S/C21H17ClN2S3/c1-14(17-10-4-5-12-19(17)22)26-21-24-23-20(27-21)25-13-16-9-6-8-15-7-2-3-11-18(15)16/h2-12,14H,13H2,1H3/t14-/m0/s1. The molecule has 0 bridgehead atoms. The monoisotopic (exact) mass is 428 g/mol. The highest BCUT2D eigenvalue weighted by molar-refractivity contribution is 8.03. The van der Waals surface area contributed by atoms with Gasteiger partial charge in [0.15, 0.2) is 8.68 Å². The van der Waals surface area contributed by atoms with Gasteiger partial charge in [0, 0.05) is 16.0 Å². The number of aromatic nitrogens is 2. The van der Waals surface area contributed by atoms with Crippen molar-refractivity contribution in [3.63, 3.8) is 0 Å². The third-order valence-corrected chi connectivity index (χ3v) is 7.91. The predicted molar refractivity (Wildman–Crippen MR) is 119 cm³/mol. The molecule has 1 atom stereocenters. The average molecular weight is 429 g/mol. The van der Waals surface area contributed by atoms with Gasteiger partial charge < -0.3 is 0 Å². The zero-order valence-corrected chi connectivity index (χ0v) is 17.8. The molecule has 0 aliphatic rings. The van der Waals surface area contributed by atoms with Crippen LogP contribution in [0.25, 0.3) is 10.8 Å². The second-order valence-electron chi connectivity index (χ2n) is 6.04. The smallest absolute Gasteiger partial charge is 0.131 e. The lowest BCUT2D eigenvalue weighted by Gasteiger charge is -2.10. The molecule has 0 fully saturated rings. The second kappa shape index (κ2) is 8.65. The van der Waals surface area contributed by atoms with E-state index in [1.165, 1.54) is 16.3 Å². The van der Waals surface area contributed by atoms with Crippen molar-refractivity contribution in [3.8, 4) is 0 Å². The predicted octanol–water partition coefficient (Wildman–Crippen LogP) is 7.49. The fraction of sp³-hybridized carbons (Fsp3) is 0.143. The van der Waals surface area contributed by atoms with Crippen LogP contribution in [0.1, 0.15) is 23.3 Å². The first-order valence-corrected chi connectivity index (χ1v) is 11.6. The summed E-state index contributed by atoms with van der Waals surface area (Å²) in [4.78, 5) is 0. The largest absolute Gasteiger partial charge is 0.175 e. The number of rotatable bonds is 6. The first kappa shape index (κ1) is 18.8. The van der Waals surface area contributed by atoms with E-state index in [4.69, 9.17) is 11.6 Å². The second-order valence-corrected chi connectivity index (χ2v) is 10.2. The number of thioether (sulfide) groups is 2. The van der Waals surface area contributed by atoms with Crippen molar-refractivity contribution in [1.29, 1.82) is 0 Å². The Bertz CT molecular complexity index is 1060. The number of hydrogen-bond acceptors (Lipinski definition) is 5. The molecule has 0 saturated carbocycles. The van der Waals surface area contributed by atoms with Crippen molar-refractivity contribution in [1.82, 2.24) is 10.2 Å². The minimum Gasteiger partial charge on any atom is -0.131 e. The molecule has 0 N–H and O–H groups in total. The Balaban J connectivity index is 1.43. The summed E-state index contributed by atoms with van der Waals surface area (Å²) in [5.41, 5.74) is 2.45. The summed E-state index contributed by atoms with van der Waals surface area (Å²) in [5.74, 6) is 0.890. The van der Waals surface area contributed by atoms with Crippen molar-refractivity contribution in [3.05, 3.63) is 82.9 Å². The molecule has 4 aromatic rings. The van der Waals surface area contributed by atoms with Crippen LogP contribution in [0.4, 0.5) is 0 Å². The van der Waals surface area contributed by atoms with E-state index in [1.54, 1.807) is 34.9 Å². The van der Waals surface area contributed by atoms with Crippen LogP contribution >= 0.6 is 46.5 Å². The van der Waals surface area contributed by atoms with E-state index in [1.807, 2.05) is 18.2 Å². The highest BCUT2D eigenvalue weighted by Crippen LogP contribution is 2.40. The van der Waals surface area contributed by atoms with E-state index < -0.39 is 0 Å². The van der Waals surface area contributed by atoms with Crippen molar-refractivity contribution < 1.29 is 0 Å². The Kier molecular flexibility index (Phi) is 6.03. The third-order valence-electron chi connectivity index (χ3n) is 4.24. The third kappa shape index (κ3) is 4.49. The quantitative estimate of drug-likeness (QED) is 0.297. The minimum absolute atomic E-state index is 0.238. The molecule has 136 valence electrons. The fourth-order valence-corrected chi connectivity index (χ4v) is 6.58. The highest BCUT2D eigenvalue weighted by atomic mass is 35.5. The summed E-state index contributed by atoms with van der Waals surface area (Å²) in [6, 6.07) is 22.9. The van der Waals surface area contributed by atoms with E-state index in [0.717, 1.165) is 25.0 Å². The van der Waals surface area contributed by atoms with Gasteiger partial charge in [-0.15, -0.1) is 10.2 Å². The maximum atomic E-state index is 6.31. The van der Waals surface area contributed by atoms with Gasteiger partial charge in [-0.05, 0) is 34.9 Å². The number of hydrogen-bond donors (Lipinski definition) is 0. The van der Waals surface area contributed by atoms with Crippen molar-refractivity contribution in [2.75, 3.05) is 0 Å². The molecule has 1 aromatic heterocycles. The van der Waals surface area contributed by atoms with Crippen LogP contribution in [0.2, 0.25) is 5.02 Å². The molecule has 4 rings (SSSR count). The molecular formula is C21H17ClN2S3. The summed E-state index contributed by atoms with van der Waals surface area (Å²) < 4.78 is 1.97. The van der Waals surface area contributed by atoms with Gasteiger partial charge in [0.05, 0.1) is 0 Å². The zero-order valence-electron chi connectivity index (χ0n) is 14.6. The van der Waals surface area contributed by atoms with Crippen LogP contribution in [0.5, 0.6) is 0 Å². The van der Waals surface area contributed by atoms with E-state index >= 15 is 0 Å². The molecule has 2 nitrogen and oxygen atoms in total. The molecule has 0 aliphatic carbocycles. The molecule has 1 heterocycles. The molecule has 6 heteroatoms. The molecule has 0 amide bonds. The lowest BCUT2D eigenvalue weighted by molar-refractivity contribution is 0.949. The Morgan fingerprint density at radius 3 is 2.56 bits per heavy atom. The molecule has 0 radical (unpaired) electrons. The average Bonchev–Trinajstić information content (AvgIpc) is 3.14. The Hall–Kier alpha value is -1.53. The fourth-order valence-electron chi connectivity index (χ4n) is 2.88. The lowest BCUT2D eigenvalue weighted by Crippen LogP contribution is -1.89. The zero-order chi connectivity index (χ0) is 18.6. The van der Waals surface area contributed by atoms with E-state index in [2.05, 4.69) is 65.7 Å². The van der Waals surface area contributed by atoms with Crippen molar-refractivity contribution in [2.45, 2.75) is 26.6 Å². The number of benzene rings is 3. The van der Waals surface area contributed by atoms with Crippen LogP contribution in [0, 0.1) is 0 Å². The maximum Gasteiger partial charge on any atom is 0.175 e. The molecule has 0 aliphatic heterocycles. The van der Waals surface area contributed by atoms with E-state index in [0.29, 0.717) is 0 Å². The van der Waals surface area contributed by atoms with Gasteiger partial charge in [-0.25, -0.2) is 0 Å². The number of fused-ring (bicyclic) bond motifs is 1. The molecule has 3 aromatic carbocycles. The summed E-state index contributed by atoms with van der Waals surface area (Å²) in [6.07, 6.45) is 0. The van der Waals surface area contributed by atoms with Gasteiger partial charge in [-0.1, -0.05) is 107 Å². The van der Waals surface area contributed by atoms with Crippen LogP contribution in [-0.2, 0) is 5.75 Å². The van der Waals surface area contributed by atoms with Crippen LogP contribution in [0.3, 0.4) is 0 Å². The van der Waals surface area contributed by atoms with Gasteiger partial charge in [-0.2, -0.15) is 0 Å². The summed E-state index contributed by atoms with van der Waals surface area (Å²) >= 11 is 11.4. The number of halogens is 1. The summed E-state index contributed by atoms with van der Waals surface area (Å²) in [7, 11) is 0. The first-order chi connectivity index (χ1) is 13.2. The van der Waals surface area contributed by atoms with Gasteiger partial charge >= 0.3 is 0 Å². The summed E-state index contributed by atoms with van der Waals surface area (Å²) in [5, 5.41) is 12.3. The van der Waals surface area contributed by atoms with Crippen molar-refractivity contribution >= 4 is 57.2 Å². The lowest BCUT2D eigenvalue weighted by atomic mass is 10.1. The number of nitrogens with zero attached hydrogens (tertiary/aromatic N) is 2. The van der Waals surface area contributed by atoms with Gasteiger partial charge in [-0.3, -0.25) is 0 Å². The summed E-state index contributed by atoms with van der Waals surface area (Å²) in [6.45, 7) is 2.15. The Morgan fingerprint density at radius 1 is 0.926 bits per heavy atom. The van der Waals surface area contributed by atoms with Gasteiger partial charge in [0.1, 0.15) is 0 Å². The van der Waals surface area contributed by atoms with Gasteiger partial charge in [0.2, 0.25) is 0 Å². The van der Waals surface area contributed by atoms with Crippen LogP contribution < -0.4 is 0 Å². The topological polar surface area (TPSA) is 25.8 Å².